The summed E-state index contributed by atoms with van der Waals surface area (Å²) in [5.41, 5.74) is -4.89. The fourth-order valence-electron chi connectivity index (χ4n) is 12.8. The molecule has 0 spiro atoms. The van der Waals surface area contributed by atoms with Crippen LogP contribution in [-0.2, 0) is 65.0 Å². The zero-order valence-electron chi connectivity index (χ0n) is 77.7. The first kappa shape index (κ1) is 125. The summed E-state index contributed by atoms with van der Waals surface area (Å²) in [5.74, 6) is -7.63. The van der Waals surface area contributed by atoms with Crippen molar-refractivity contribution in [3.8, 4) is 0 Å². The number of benzene rings is 9. The Balaban J connectivity index is 0.000000419. The molecule has 758 valence electrons. The SMILES string of the molecule is CC(C)(CO)C(c1cc(F)ccc1F)S(=O)(=O)c1ccc(Cl)cc1.CC(C)(COC(=O)N1CCCC1)C(c1cc(F)ccc1F)S(=O)(=O)c1ccc(Cl)cc1.COC(=O)C(C)(C)C(O)c1cc(F)ccc1F.COC(=O)C(C)(C)C(Sc1ccc(Cl)cc1)c1cc(F)ccc1F.COC(O[Si](C)(C)C)=C(C)C.O=C(Cl)N1CCCC1.O=Cc1cc(F)ccc1F.Sc1ccc(Cl)cc1.[Cl][Ti]([Cl])([Cl])[Cl]. The van der Waals surface area contributed by atoms with E-state index in [1.807, 2.05) is 38.1 Å². The number of hydrogen-bond acceptors (Lipinski definition) is 18. The summed E-state index contributed by atoms with van der Waals surface area (Å²) < 4.78 is 214. The van der Waals surface area contributed by atoms with Crippen molar-refractivity contribution in [2.75, 3.05) is 60.7 Å². The summed E-state index contributed by atoms with van der Waals surface area (Å²) in [6, 6.07) is 39.1. The standard InChI is InChI=1S/C22H24ClF2NO4S.C18H17ClF2O2S.C17H17ClF2O3S.C12H14F2O3.C8H18O2Si.C7H4F2O.C6H5ClS.C5H8ClNO.4ClH.Ti/c1-22(2,14-30-21(27)26-11-3-4-12-26)20(18-13-16(24)7-10-19(18)25)31(28,29)17-8-5-15(23)6-9-17;1-18(2,17(22)23-3)16(14-10-12(20)6-9-15(14)21)24-13-7-4-11(19)5-8-13;1-17(2,10-21)16(14-9-12(19)5-8-15(14)20)24(22,23)13-6-3-11(18)4-7-13;1-12(2,11(16)17-3)10(15)8-6-7(13)4-5-9(8)14;1-7(2)8(9-3)10-11(4,5)6;8-6-1-2-7(9)5(3-6)4-10;7-5-1-3-6(8)4-2-5;6-5(8)7-3-1-2-4-7;;;;;/h5-10,13,20H,3-4,11-12,14H2,1-2H3;4-10,16H,1-3H3;3-9,16,21H,10H2,1-2H3;4-6,10,15H,1-3H3;1-6H3;1-4H;1-4,8H;1-4H2;4*1H;/q;;;;;;;;;;;;+4/p-4. The molecule has 2 aliphatic heterocycles. The zero-order valence-corrected chi connectivity index (χ0v) is 90.4. The van der Waals surface area contributed by atoms with Crippen LogP contribution in [0.4, 0.5) is 53.5 Å². The first-order valence-electron chi connectivity index (χ1n) is 41.4. The molecule has 11 rings (SSSR count). The fourth-order valence-corrected chi connectivity index (χ4v) is 20.1. The van der Waals surface area contributed by atoms with Gasteiger partial charge in [-0.05, 0) is 287 Å². The molecule has 4 atom stereocenters. The van der Waals surface area contributed by atoms with Crippen LogP contribution in [0.25, 0.3) is 0 Å². The second-order valence-electron chi connectivity index (χ2n) is 33.9. The van der Waals surface area contributed by atoms with Gasteiger partial charge in [0, 0.05) is 101 Å². The summed E-state index contributed by atoms with van der Waals surface area (Å²) in [6.07, 6.45) is 2.22. The topological polar surface area (TPSA) is 247 Å². The Bertz CT molecular complexity index is 5730. The predicted octanol–water partition coefficient (Wildman–Crippen LogP) is 28.7. The number of aliphatic hydroxyl groups is 2. The van der Waals surface area contributed by atoms with Crippen LogP contribution in [0.15, 0.2) is 219 Å². The van der Waals surface area contributed by atoms with Crippen molar-refractivity contribution in [1.82, 2.24) is 9.80 Å². The van der Waals surface area contributed by atoms with Gasteiger partial charge in [0.25, 0.3) is 5.95 Å². The Labute approximate surface area is 854 Å². The number of carbonyl (C=O) groups is 5. The molecule has 2 fully saturated rings. The number of likely N-dealkylation sites (tertiary alicyclic amines) is 2. The number of thioether (sulfide) groups is 1. The van der Waals surface area contributed by atoms with Crippen LogP contribution < -0.4 is 0 Å². The summed E-state index contributed by atoms with van der Waals surface area (Å²) in [4.78, 5) is 61.1. The Morgan fingerprint density at radius 2 is 0.812 bits per heavy atom. The molecule has 0 saturated carbocycles. The molecular weight excluding hydrogens is 2140 g/mol. The van der Waals surface area contributed by atoms with Gasteiger partial charge in [-0.1, -0.05) is 74.1 Å². The molecular formula is C95H107Cl9F10N2O16S4SiTi. The Morgan fingerprint density at radius 1 is 0.486 bits per heavy atom. The third-order valence-corrected chi connectivity index (χ3v) is 28.6. The molecule has 2 saturated heterocycles. The van der Waals surface area contributed by atoms with Crippen LogP contribution in [0.1, 0.15) is 149 Å². The predicted molar refractivity (Wildman–Crippen MR) is 527 cm³/mol. The number of aliphatic hydroxyl groups excluding tert-OH is 2. The van der Waals surface area contributed by atoms with Gasteiger partial charge in [-0.15, -0.1) is 24.4 Å². The zero-order chi connectivity index (χ0) is 105. The normalized spacial score (nSPS) is 13.4. The van der Waals surface area contributed by atoms with Gasteiger partial charge >= 0.3 is 73.0 Å². The molecule has 43 heteroatoms. The summed E-state index contributed by atoms with van der Waals surface area (Å²) in [6.45, 7) is 24.5. The number of aldehydes is 1. The van der Waals surface area contributed by atoms with Crippen LogP contribution >= 0.6 is 120 Å². The number of rotatable bonds is 23. The van der Waals surface area contributed by atoms with Crippen LogP contribution in [0.2, 0.25) is 39.7 Å². The molecule has 2 heterocycles. The molecule has 9 aromatic carbocycles. The molecule has 0 aromatic heterocycles. The van der Waals surface area contributed by atoms with E-state index in [1.165, 1.54) is 102 Å². The van der Waals surface area contributed by atoms with E-state index in [0.717, 1.165) is 150 Å². The minimum absolute atomic E-state index is 0.0814. The summed E-state index contributed by atoms with van der Waals surface area (Å²) in [5, 5.41) is 17.6. The maximum absolute atomic E-state index is 14.7. The maximum atomic E-state index is 14.7. The number of nitrogens with zero attached hydrogens (tertiary/aromatic N) is 2. The number of thiol groups is 1. The van der Waals surface area contributed by atoms with E-state index >= 15 is 0 Å². The average molecular weight is 2250 g/mol. The number of esters is 2. The second-order valence-corrected chi connectivity index (χ2v) is 61.7. The molecule has 0 radical (unpaired) electrons. The van der Waals surface area contributed by atoms with E-state index in [-0.39, 0.29) is 55.9 Å². The Kier molecular flexibility index (Phi) is 52.2. The van der Waals surface area contributed by atoms with Gasteiger partial charge in [0.1, 0.15) is 68.7 Å². The van der Waals surface area contributed by atoms with E-state index < -0.39 is 167 Å². The number of carbonyl (C=O) groups excluding carboxylic acids is 5. The van der Waals surface area contributed by atoms with Crippen LogP contribution in [0, 0.1) is 79.8 Å². The number of hydrogen-bond donors (Lipinski definition) is 3. The minimum atomic E-state index is -4.20. The van der Waals surface area contributed by atoms with Crippen molar-refractivity contribution >= 4 is 177 Å². The average Bonchev–Trinajstić information content (AvgIpc) is 0.844. The van der Waals surface area contributed by atoms with Gasteiger partial charge in [-0.2, -0.15) is 0 Å². The molecule has 2 N–H and O–H groups in total. The molecule has 0 bridgehead atoms. The first-order valence-corrected chi connectivity index (χ1v) is 59.7. The van der Waals surface area contributed by atoms with E-state index in [1.54, 1.807) is 68.9 Å². The number of halogens is 19. The number of ether oxygens (including phenoxy) is 4. The third-order valence-electron chi connectivity index (χ3n) is 19.7. The van der Waals surface area contributed by atoms with E-state index in [9.17, 15) is 94.9 Å². The van der Waals surface area contributed by atoms with Crippen molar-refractivity contribution in [2.24, 2.45) is 21.7 Å². The van der Waals surface area contributed by atoms with Crippen molar-refractivity contribution in [1.29, 1.82) is 0 Å². The monoisotopic (exact) mass is 2240 g/mol. The molecule has 9 aromatic rings. The number of sulfone groups is 2. The molecule has 2 amide bonds. The number of methoxy groups -OCH3 is 3. The van der Waals surface area contributed by atoms with Crippen molar-refractivity contribution in [3.05, 3.63) is 306 Å². The first-order chi connectivity index (χ1) is 63.9. The van der Waals surface area contributed by atoms with E-state index in [4.69, 9.17) is 114 Å². The summed E-state index contributed by atoms with van der Waals surface area (Å²) >= 11 is 30.5. The van der Waals surface area contributed by atoms with Crippen molar-refractivity contribution in [2.45, 2.75) is 156 Å². The number of allylic oxidation sites excluding steroid dienone is 1. The van der Waals surface area contributed by atoms with E-state index in [0.29, 0.717) is 34.1 Å². The van der Waals surface area contributed by atoms with Gasteiger partial charge < -0.3 is 43.4 Å². The van der Waals surface area contributed by atoms with Gasteiger partial charge in [0.15, 0.2) is 26.0 Å². The van der Waals surface area contributed by atoms with Crippen molar-refractivity contribution < 1.29 is 131 Å². The van der Waals surface area contributed by atoms with Crippen LogP contribution in [0.3, 0.4) is 0 Å². The molecule has 2 aliphatic rings. The summed E-state index contributed by atoms with van der Waals surface area (Å²) in [7, 11) is 14.3. The molecule has 4 unspecified atom stereocenters. The quantitative estimate of drug-likeness (QED) is 0.00515. The number of amides is 2. The van der Waals surface area contributed by atoms with Crippen LogP contribution in [0.5, 0.6) is 0 Å². The van der Waals surface area contributed by atoms with Gasteiger partial charge in [0.2, 0.25) is 8.32 Å². The fraction of sp³-hybridized carbons (Fsp3) is 0.358. The third kappa shape index (κ3) is 41.4. The molecule has 0 aliphatic carbocycles. The second kappa shape index (κ2) is 57.5. The van der Waals surface area contributed by atoms with E-state index in [2.05, 4.69) is 37.0 Å². The Morgan fingerprint density at radius 3 is 1.14 bits per heavy atom. The van der Waals surface area contributed by atoms with Gasteiger partial charge in [0.05, 0.1) is 65.5 Å². The van der Waals surface area contributed by atoms with Crippen LogP contribution in [-0.4, -0.2) is 136 Å². The van der Waals surface area contributed by atoms with Crippen molar-refractivity contribution in [3.63, 3.8) is 0 Å². The Hall–Kier alpha value is -6.97. The molecule has 138 heavy (non-hydrogen) atoms. The molecule has 18 nitrogen and oxygen atoms in total. The van der Waals surface area contributed by atoms with Gasteiger partial charge in [-0.3, -0.25) is 19.2 Å². The van der Waals surface area contributed by atoms with Gasteiger partial charge in [-0.25, -0.2) is 65.5 Å².